The van der Waals surface area contributed by atoms with Gasteiger partial charge in [-0.1, -0.05) is 41.4 Å². The first-order valence-electron chi connectivity index (χ1n) is 11.5. The summed E-state index contributed by atoms with van der Waals surface area (Å²) in [5.41, 5.74) is 8.69. The number of carboxylic acid groups (broad SMARTS) is 1. The quantitative estimate of drug-likeness (QED) is 0.110. The molecule has 0 aliphatic heterocycles. The summed E-state index contributed by atoms with van der Waals surface area (Å²) in [6.45, 7) is 3.36. The number of halogens is 6. The number of hydroxylamine groups is 1. The first-order valence-corrected chi connectivity index (χ1v) is 12.7. The number of rotatable bonds is 9. The number of aliphatic carboxylic acids is 1. The Morgan fingerprint density at radius 1 is 1.22 bits per heavy atom. The van der Waals surface area contributed by atoms with Crippen LogP contribution in [0.3, 0.4) is 0 Å². The largest absolute Gasteiger partial charge is 0.490 e. The topological polar surface area (TPSA) is 158 Å². The number of carbonyl (C=O) groups excluding carboxylic acids is 2. The van der Waals surface area contributed by atoms with Crippen LogP contribution in [-0.2, 0) is 26.2 Å². The zero-order valence-corrected chi connectivity index (χ0v) is 24.0. The lowest BCUT2D eigenvalue weighted by molar-refractivity contribution is -0.192. The van der Waals surface area contributed by atoms with Crippen molar-refractivity contribution in [3.63, 3.8) is 0 Å². The standard InChI is InChI=1S/C22H24BrClFN5O4.C2HF3O2/c1-11(2)18(26)22(32)33-6-7-34-29-21(31)13-9-16-20(27-10-30(16)3)17(25)19(13)28-15-5-4-12(23)8-14(15)24;3-2(4,5)1(6)7/h4-5,8-11,18,28H,6-7,26H2,1-3H3,(H,29,31);(H,6,7). The van der Waals surface area contributed by atoms with E-state index in [9.17, 15) is 22.8 Å². The van der Waals surface area contributed by atoms with E-state index in [0.717, 1.165) is 4.47 Å². The van der Waals surface area contributed by atoms with Crippen molar-refractivity contribution in [2.24, 2.45) is 18.7 Å². The summed E-state index contributed by atoms with van der Waals surface area (Å²) in [7, 11) is 1.68. The van der Waals surface area contributed by atoms with Gasteiger partial charge in [-0.25, -0.2) is 19.6 Å². The van der Waals surface area contributed by atoms with Crippen molar-refractivity contribution in [1.29, 1.82) is 0 Å². The first kappa shape index (κ1) is 33.7. The van der Waals surface area contributed by atoms with Gasteiger partial charge in [0.1, 0.15) is 24.8 Å². The third kappa shape index (κ3) is 9.27. The molecule has 1 atom stereocenters. The maximum Gasteiger partial charge on any atom is 0.490 e. The van der Waals surface area contributed by atoms with Crippen LogP contribution in [0.2, 0.25) is 5.02 Å². The van der Waals surface area contributed by atoms with E-state index in [1.807, 2.05) is 0 Å². The van der Waals surface area contributed by atoms with E-state index in [0.29, 0.717) is 16.2 Å². The van der Waals surface area contributed by atoms with Crippen molar-refractivity contribution in [3.8, 4) is 0 Å². The van der Waals surface area contributed by atoms with Crippen molar-refractivity contribution in [2.45, 2.75) is 26.1 Å². The summed E-state index contributed by atoms with van der Waals surface area (Å²) >= 11 is 9.58. The van der Waals surface area contributed by atoms with Gasteiger partial charge in [0.15, 0.2) is 5.82 Å². The van der Waals surface area contributed by atoms with Crippen molar-refractivity contribution >= 4 is 67.8 Å². The Hall–Kier alpha value is -3.47. The number of anilines is 2. The molecule has 11 nitrogen and oxygen atoms in total. The number of carbonyl (C=O) groups is 3. The summed E-state index contributed by atoms with van der Waals surface area (Å²) in [4.78, 5) is 42.7. The van der Waals surface area contributed by atoms with Crippen molar-refractivity contribution in [3.05, 3.63) is 51.5 Å². The number of nitrogens with two attached hydrogens (primary N) is 1. The molecule has 0 saturated heterocycles. The van der Waals surface area contributed by atoms with E-state index < -0.39 is 35.9 Å². The molecule has 1 unspecified atom stereocenters. The molecule has 1 amide bonds. The molecule has 0 aliphatic rings. The zero-order chi connectivity index (χ0) is 31.1. The monoisotopic (exact) mass is 669 g/mol. The fourth-order valence-electron chi connectivity index (χ4n) is 2.98. The highest BCUT2D eigenvalue weighted by molar-refractivity contribution is 9.10. The molecule has 0 aliphatic carbocycles. The van der Waals surface area contributed by atoms with Gasteiger partial charge < -0.3 is 25.5 Å². The van der Waals surface area contributed by atoms with Crippen LogP contribution < -0.4 is 16.5 Å². The highest BCUT2D eigenvalue weighted by Gasteiger charge is 2.38. The lowest BCUT2D eigenvalue weighted by Crippen LogP contribution is -2.37. The van der Waals surface area contributed by atoms with Crippen LogP contribution in [0.25, 0.3) is 11.0 Å². The molecule has 5 N–H and O–H groups in total. The molecule has 3 rings (SSSR count). The van der Waals surface area contributed by atoms with Crippen LogP contribution in [0.1, 0.15) is 24.2 Å². The summed E-state index contributed by atoms with van der Waals surface area (Å²) < 4.78 is 54.5. The summed E-state index contributed by atoms with van der Waals surface area (Å²) in [6, 6.07) is 5.74. The van der Waals surface area contributed by atoms with E-state index in [1.54, 1.807) is 43.7 Å². The highest BCUT2D eigenvalue weighted by Crippen LogP contribution is 2.34. The average Bonchev–Trinajstić information content (AvgIpc) is 3.26. The van der Waals surface area contributed by atoms with Gasteiger partial charge in [-0.2, -0.15) is 13.2 Å². The van der Waals surface area contributed by atoms with Gasteiger partial charge in [0.2, 0.25) is 0 Å². The molecule has 3 aromatic rings. The number of nitrogens with zero attached hydrogens (tertiary/aromatic N) is 2. The third-order valence-corrected chi connectivity index (χ3v) is 6.03. The number of fused-ring (bicyclic) bond motifs is 1. The van der Waals surface area contributed by atoms with Gasteiger partial charge in [0.05, 0.1) is 33.8 Å². The summed E-state index contributed by atoms with van der Waals surface area (Å²) in [6.07, 6.45) is -3.64. The van der Waals surface area contributed by atoms with Crippen molar-refractivity contribution < 1.29 is 46.6 Å². The number of esters is 1. The van der Waals surface area contributed by atoms with E-state index in [2.05, 4.69) is 31.7 Å². The van der Waals surface area contributed by atoms with Crippen molar-refractivity contribution in [1.82, 2.24) is 15.0 Å². The normalized spacial score (nSPS) is 12.0. The van der Waals surface area contributed by atoms with Crippen LogP contribution >= 0.6 is 27.5 Å². The number of benzene rings is 2. The molecule has 2 aromatic carbocycles. The number of imidazole rings is 1. The molecular weight excluding hydrogens is 646 g/mol. The number of nitrogens with one attached hydrogen (secondary N) is 2. The number of carboxylic acids is 1. The van der Waals surface area contributed by atoms with Gasteiger partial charge >= 0.3 is 18.1 Å². The third-order valence-electron chi connectivity index (χ3n) is 5.22. The maximum atomic E-state index is 15.4. The predicted molar refractivity (Wildman–Crippen MR) is 144 cm³/mol. The minimum atomic E-state index is -5.08. The van der Waals surface area contributed by atoms with Crippen LogP contribution in [0.4, 0.5) is 28.9 Å². The number of alkyl halides is 3. The molecule has 17 heteroatoms. The molecule has 1 heterocycles. The number of aromatic nitrogens is 2. The lowest BCUT2D eigenvalue weighted by Gasteiger charge is -2.16. The smallest absolute Gasteiger partial charge is 0.475 e. The van der Waals surface area contributed by atoms with Gasteiger partial charge in [-0.05, 0) is 30.2 Å². The fourth-order valence-corrected chi connectivity index (χ4v) is 3.70. The van der Waals surface area contributed by atoms with Crippen LogP contribution in [0, 0.1) is 11.7 Å². The molecule has 0 bridgehead atoms. The number of hydrogen-bond donors (Lipinski definition) is 4. The number of aryl methyl sites for hydroxylation is 1. The maximum absolute atomic E-state index is 15.4. The fraction of sp³-hybridized carbons (Fsp3) is 0.333. The number of ether oxygens (including phenoxy) is 1. The molecule has 224 valence electrons. The molecule has 1 aromatic heterocycles. The average molecular weight is 671 g/mol. The van der Waals surface area contributed by atoms with E-state index in [-0.39, 0.29) is 35.9 Å². The summed E-state index contributed by atoms with van der Waals surface area (Å²) in [5, 5.41) is 10.3. The van der Waals surface area contributed by atoms with Gasteiger partial charge in [-0.3, -0.25) is 14.4 Å². The van der Waals surface area contributed by atoms with Crippen LogP contribution in [0.15, 0.2) is 35.1 Å². The minimum Gasteiger partial charge on any atom is -0.475 e. The molecule has 0 saturated carbocycles. The molecular formula is C24H25BrClF4N5O6. The Labute approximate surface area is 244 Å². The Balaban J connectivity index is 0.000000745. The van der Waals surface area contributed by atoms with E-state index in [1.165, 1.54) is 12.4 Å². The molecule has 41 heavy (non-hydrogen) atoms. The van der Waals surface area contributed by atoms with Crippen LogP contribution in [-0.4, -0.2) is 57.9 Å². The second kappa shape index (κ2) is 14.4. The Morgan fingerprint density at radius 2 is 1.85 bits per heavy atom. The second-order valence-electron chi connectivity index (χ2n) is 8.61. The van der Waals surface area contributed by atoms with Gasteiger partial charge in [0, 0.05) is 11.5 Å². The number of hydrogen-bond acceptors (Lipinski definition) is 8. The molecule has 0 radical (unpaired) electrons. The summed E-state index contributed by atoms with van der Waals surface area (Å²) in [5.74, 6) is -4.84. The molecule has 0 spiro atoms. The van der Waals surface area contributed by atoms with Crippen molar-refractivity contribution in [2.75, 3.05) is 18.5 Å². The van der Waals surface area contributed by atoms with Gasteiger partial charge in [0.25, 0.3) is 5.91 Å². The lowest BCUT2D eigenvalue weighted by atomic mass is 10.1. The Morgan fingerprint density at radius 3 is 2.41 bits per heavy atom. The minimum absolute atomic E-state index is 0.0357. The number of amides is 1. The predicted octanol–water partition coefficient (Wildman–Crippen LogP) is 4.69. The van der Waals surface area contributed by atoms with E-state index in [4.69, 9.17) is 36.8 Å². The first-order chi connectivity index (χ1) is 19.0. The van der Waals surface area contributed by atoms with E-state index >= 15 is 4.39 Å². The SMILES string of the molecule is CC(C)C(N)C(=O)OCCONC(=O)c1cc2c(ncn2C)c(F)c1Nc1ccc(Br)cc1Cl.O=C(O)C(F)(F)F. The Kier molecular flexibility index (Phi) is 11.9. The Bertz CT molecular complexity index is 1420. The van der Waals surface area contributed by atoms with Crippen LogP contribution in [0.5, 0.6) is 0 Å². The zero-order valence-electron chi connectivity index (χ0n) is 21.7. The highest BCUT2D eigenvalue weighted by atomic mass is 79.9. The van der Waals surface area contributed by atoms with Gasteiger partial charge in [-0.15, -0.1) is 0 Å². The second-order valence-corrected chi connectivity index (χ2v) is 9.93. The molecule has 0 fully saturated rings.